The number of halogens is 1. The van der Waals surface area contributed by atoms with Crippen LogP contribution in [-0.4, -0.2) is 16.4 Å². The number of pyridine rings is 1. The highest BCUT2D eigenvalue weighted by Gasteiger charge is 2.30. The number of aromatic nitrogens is 1. The molecule has 0 unspecified atom stereocenters. The van der Waals surface area contributed by atoms with Gasteiger partial charge in [-0.15, -0.1) is 0 Å². The van der Waals surface area contributed by atoms with Gasteiger partial charge in [-0.3, -0.25) is 9.78 Å². The van der Waals surface area contributed by atoms with Crippen molar-refractivity contribution in [2.75, 3.05) is 5.32 Å². The molecule has 0 aliphatic heterocycles. The predicted molar refractivity (Wildman–Crippen MR) is 87.6 cm³/mol. The number of hydrogen-bond donors (Lipinski definition) is 2. The first-order chi connectivity index (χ1) is 9.92. The molecule has 0 saturated carbocycles. The Labute approximate surface area is 129 Å². The van der Waals surface area contributed by atoms with Crippen LogP contribution in [0.15, 0.2) is 24.4 Å². The van der Waals surface area contributed by atoms with E-state index in [2.05, 4.69) is 10.3 Å². The molecule has 0 aliphatic carbocycles. The molecule has 0 saturated heterocycles. The molecule has 1 heterocycles. The zero-order valence-corrected chi connectivity index (χ0v) is 13.3. The molecule has 1 aromatic heterocycles. The first-order valence-corrected chi connectivity index (χ1v) is 7.45. The van der Waals surface area contributed by atoms with E-state index in [1.54, 1.807) is 6.20 Å². The minimum Gasteiger partial charge on any atom is -0.323 e. The summed E-state index contributed by atoms with van der Waals surface area (Å²) in [5.41, 5.74) is 7.63. The Bertz CT molecular complexity index is 681. The number of rotatable bonds is 4. The van der Waals surface area contributed by atoms with E-state index in [1.165, 1.54) is 0 Å². The van der Waals surface area contributed by atoms with Gasteiger partial charge in [-0.25, -0.2) is 0 Å². The minimum absolute atomic E-state index is 0.219. The highest BCUT2D eigenvalue weighted by molar-refractivity contribution is 6.35. The maximum atomic E-state index is 12.5. The monoisotopic (exact) mass is 305 g/mol. The lowest BCUT2D eigenvalue weighted by atomic mass is 9.93. The summed E-state index contributed by atoms with van der Waals surface area (Å²) in [5, 5.41) is 4.21. The second-order valence-electron chi connectivity index (χ2n) is 5.27. The topological polar surface area (TPSA) is 68.0 Å². The van der Waals surface area contributed by atoms with Crippen molar-refractivity contribution in [2.45, 2.75) is 39.2 Å². The van der Waals surface area contributed by atoms with E-state index in [0.717, 1.165) is 16.5 Å². The fraction of sp³-hybridized carbons (Fsp3) is 0.375. The summed E-state index contributed by atoms with van der Waals surface area (Å²) in [6.07, 6.45) is 2.85. The standard InChI is InChI=1S/C16H20ClN3O/c1-4-16(18,5-2)15(21)20-14-11-7-6-8-19-13(11)10(3)9-12(14)17/h6-9H,4-5,18H2,1-3H3,(H,20,21). The van der Waals surface area contributed by atoms with Crippen molar-refractivity contribution in [2.24, 2.45) is 5.73 Å². The zero-order chi connectivity index (χ0) is 15.6. The first-order valence-electron chi connectivity index (χ1n) is 7.07. The van der Waals surface area contributed by atoms with Crippen LogP contribution in [0.3, 0.4) is 0 Å². The molecule has 0 spiro atoms. The lowest BCUT2D eigenvalue weighted by Gasteiger charge is -2.26. The summed E-state index contributed by atoms with van der Waals surface area (Å²) < 4.78 is 0. The third kappa shape index (κ3) is 2.87. The molecule has 0 radical (unpaired) electrons. The quantitative estimate of drug-likeness (QED) is 0.906. The molecule has 3 N–H and O–H groups in total. The summed E-state index contributed by atoms with van der Waals surface area (Å²) in [5.74, 6) is -0.219. The molecule has 1 aromatic carbocycles. The van der Waals surface area contributed by atoms with E-state index in [1.807, 2.05) is 39.0 Å². The van der Waals surface area contributed by atoms with E-state index in [4.69, 9.17) is 17.3 Å². The number of aryl methyl sites for hydroxylation is 1. The van der Waals surface area contributed by atoms with Gasteiger partial charge in [0.2, 0.25) is 5.91 Å². The van der Waals surface area contributed by atoms with Gasteiger partial charge < -0.3 is 11.1 Å². The van der Waals surface area contributed by atoms with Crippen LogP contribution in [0.4, 0.5) is 5.69 Å². The van der Waals surface area contributed by atoms with Gasteiger partial charge in [0, 0.05) is 11.6 Å². The maximum absolute atomic E-state index is 12.5. The lowest BCUT2D eigenvalue weighted by Crippen LogP contribution is -2.50. The van der Waals surface area contributed by atoms with Crippen LogP contribution < -0.4 is 11.1 Å². The Hall–Kier alpha value is -1.65. The molecule has 2 rings (SSSR count). The molecule has 2 aromatic rings. The van der Waals surface area contributed by atoms with Gasteiger partial charge in [-0.05, 0) is 43.5 Å². The lowest BCUT2D eigenvalue weighted by molar-refractivity contribution is -0.121. The number of carbonyl (C=O) groups is 1. The van der Waals surface area contributed by atoms with E-state index in [-0.39, 0.29) is 5.91 Å². The van der Waals surface area contributed by atoms with Gasteiger partial charge in [-0.2, -0.15) is 0 Å². The van der Waals surface area contributed by atoms with Crippen LogP contribution in [0.25, 0.3) is 10.9 Å². The molecular formula is C16H20ClN3O. The number of nitrogens with two attached hydrogens (primary N) is 1. The van der Waals surface area contributed by atoms with Crippen LogP contribution in [0.1, 0.15) is 32.3 Å². The van der Waals surface area contributed by atoms with Crippen LogP contribution in [0.2, 0.25) is 5.02 Å². The Morgan fingerprint density at radius 2 is 2.10 bits per heavy atom. The van der Waals surface area contributed by atoms with Gasteiger partial charge >= 0.3 is 0 Å². The molecule has 0 atom stereocenters. The highest BCUT2D eigenvalue weighted by Crippen LogP contribution is 2.33. The van der Waals surface area contributed by atoms with Gasteiger partial charge in [0.15, 0.2) is 0 Å². The Morgan fingerprint density at radius 3 is 2.71 bits per heavy atom. The Kier molecular flexibility index (Phi) is 4.49. The highest BCUT2D eigenvalue weighted by atomic mass is 35.5. The smallest absolute Gasteiger partial charge is 0.244 e. The average Bonchev–Trinajstić information content (AvgIpc) is 2.50. The Balaban J connectivity index is 2.50. The minimum atomic E-state index is -0.886. The van der Waals surface area contributed by atoms with Crippen molar-refractivity contribution in [1.82, 2.24) is 4.98 Å². The largest absolute Gasteiger partial charge is 0.323 e. The van der Waals surface area contributed by atoms with Gasteiger partial charge in [0.25, 0.3) is 0 Å². The fourth-order valence-electron chi connectivity index (χ4n) is 2.32. The zero-order valence-electron chi connectivity index (χ0n) is 12.5. The van der Waals surface area contributed by atoms with Gasteiger partial charge in [0.1, 0.15) is 0 Å². The molecule has 21 heavy (non-hydrogen) atoms. The number of amides is 1. The van der Waals surface area contributed by atoms with E-state index in [0.29, 0.717) is 23.6 Å². The average molecular weight is 306 g/mol. The van der Waals surface area contributed by atoms with Crippen molar-refractivity contribution >= 4 is 34.1 Å². The van der Waals surface area contributed by atoms with Crippen molar-refractivity contribution in [3.63, 3.8) is 0 Å². The molecule has 112 valence electrons. The number of benzene rings is 1. The number of hydrogen-bond acceptors (Lipinski definition) is 3. The third-order valence-corrected chi connectivity index (χ3v) is 4.28. The summed E-state index contributed by atoms with van der Waals surface area (Å²) >= 11 is 6.31. The summed E-state index contributed by atoms with van der Waals surface area (Å²) in [4.78, 5) is 16.8. The number of nitrogens with one attached hydrogen (secondary N) is 1. The van der Waals surface area contributed by atoms with E-state index >= 15 is 0 Å². The second kappa shape index (κ2) is 6.00. The molecule has 5 heteroatoms. The third-order valence-electron chi connectivity index (χ3n) is 3.99. The van der Waals surface area contributed by atoms with E-state index < -0.39 is 5.54 Å². The SMILES string of the molecule is CCC(N)(CC)C(=O)Nc1c(Cl)cc(C)c2ncccc12. The summed E-state index contributed by atoms with van der Waals surface area (Å²) in [6.45, 7) is 5.75. The van der Waals surface area contributed by atoms with Crippen LogP contribution in [-0.2, 0) is 4.79 Å². The van der Waals surface area contributed by atoms with Crippen LogP contribution in [0, 0.1) is 6.92 Å². The summed E-state index contributed by atoms with van der Waals surface area (Å²) in [7, 11) is 0. The number of carbonyl (C=O) groups excluding carboxylic acids is 1. The molecule has 1 amide bonds. The second-order valence-corrected chi connectivity index (χ2v) is 5.67. The normalized spacial score (nSPS) is 11.7. The van der Waals surface area contributed by atoms with Gasteiger partial charge in [0.05, 0.1) is 21.8 Å². The Morgan fingerprint density at radius 1 is 1.43 bits per heavy atom. The van der Waals surface area contributed by atoms with Crippen molar-refractivity contribution in [1.29, 1.82) is 0 Å². The molecule has 0 fully saturated rings. The number of anilines is 1. The molecule has 0 aliphatic rings. The van der Waals surface area contributed by atoms with Crippen molar-refractivity contribution in [3.8, 4) is 0 Å². The molecule has 0 bridgehead atoms. The number of fused-ring (bicyclic) bond motifs is 1. The van der Waals surface area contributed by atoms with Crippen molar-refractivity contribution in [3.05, 3.63) is 35.0 Å². The van der Waals surface area contributed by atoms with Crippen LogP contribution in [0.5, 0.6) is 0 Å². The van der Waals surface area contributed by atoms with Crippen LogP contribution >= 0.6 is 11.6 Å². The maximum Gasteiger partial charge on any atom is 0.244 e. The first kappa shape index (κ1) is 15.7. The predicted octanol–water partition coefficient (Wildman–Crippen LogP) is 3.65. The molecular weight excluding hydrogens is 286 g/mol. The summed E-state index contributed by atoms with van der Waals surface area (Å²) in [6, 6.07) is 5.53. The van der Waals surface area contributed by atoms with Crippen molar-refractivity contribution < 1.29 is 4.79 Å². The number of nitrogens with zero attached hydrogens (tertiary/aromatic N) is 1. The fourth-order valence-corrected chi connectivity index (χ4v) is 2.63. The van der Waals surface area contributed by atoms with Gasteiger partial charge in [-0.1, -0.05) is 25.4 Å². The van der Waals surface area contributed by atoms with E-state index in [9.17, 15) is 4.79 Å². The molecule has 4 nitrogen and oxygen atoms in total.